The third kappa shape index (κ3) is 4.24. The van der Waals surface area contributed by atoms with Crippen LogP contribution in [0, 0.1) is 6.92 Å². The van der Waals surface area contributed by atoms with Gasteiger partial charge in [0.1, 0.15) is 0 Å². The van der Waals surface area contributed by atoms with E-state index in [-0.39, 0.29) is 15.8 Å². The smallest absolute Gasteiger partial charge is 0.418 e. The van der Waals surface area contributed by atoms with Crippen molar-refractivity contribution in [1.82, 2.24) is 8.87 Å². The number of fused-ring (bicyclic) bond motifs is 1. The molecule has 0 atom stereocenters. The summed E-state index contributed by atoms with van der Waals surface area (Å²) in [5, 5.41) is 0.174. The van der Waals surface area contributed by atoms with Gasteiger partial charge in [0.15, 0.2) is 5.75 Å². The number of carbonyl (C=O) groups excluding carboxylic acids is 1. The molecular formula is C22H21F3N2O4S. The molecule has 170 valence electrons. The monoisotopic (exact) mass is 466 g/mol. The van der Waals surface area contributed by atoms with Gasteiger partial charge in [0, 0.05) is 11.9 Å². The van der Waals surface area contributed by atoms with Gasteiger partial charge in [-0.25, -0.2) is 17.2 Å². The Bertz CT molecular complexity index is 1260. The van der Waals surface area contributed by atoms with Gasteiger partial charge < -0.3 is 4.74 Å². The summed E-state index contributed by atoms with van der Waals surface area (Å²) < 4.78 is 70.8. The maximum absolute atomic E-state index is 13.3. The third-order valence-electron chi connectivity index (χ3n) is 5.45. The average molecular weight is 466 g/mol. The lowest BCUT2D eigenvalue weighted by Gasteiger charge is -2.16. The summed E-state index contributed by atoms with van der Waals surface area (Å²) in [6.45, 7) is 3.87. The summed E-state index contributed by atoms with van der Waals surface area (Å²) in [7, 11) is -4.15. The lowest BCUT2D eigenvalue weighted by Crippen LogP contribution is -2.28. The number of nitrogens with zero attached hydrogens (tertiary/aromatic N) is 2. The van der Waals surface area contributed by atoms with Crippen LogP contribution in [0.4, 0.5) is 13.2 Å². The fraction of sp³-hybridized carbons (Fsp3) is 0.318. The number of alkyl halides is 3. The molecule has 0 amide bonds. The maximum atomic E-state index is 13.3. The lowest BCUT2D eigenvalue weighted by atomic mass is 10.1. The highest BCUT2D eigenvalue weighted by atomic mass is 32.2. The van der Waals surface area contributed by atoms with E-state index in [9.17, 15) is 26.4 Å². The average Bonchev–Trinajstić information content (AvgIpc) is 3.36. The standard InChI is InChI=1S/C22H21F3N2O4S/c1-15-7-9-17(10-8-15)32(29,30)27-14-19(31-21(28)22(23,24)25)20-16(5-4-6-18(20)27)13-26-11-2-3-12-26/h4-10,14H,2-3,11-13H2,1H3. The molecule has 1 aliphatic heterocycles. The molecule has 0 spiro atoms. The molecule has 1 aromatic heterocycles. The van der Waals surface area contributed by atoms with E-state index in [4.69, 9.17) is 0 Å². The molecule has 1 saturated heterocycles. The van der Waals surface area contributed by atoms with Gasteiger partial charge in [0.25, 0.3) is 10.0 Å². The van der Waals surface area contributed by atoms with Crippen LogP contribution in [0.1, 0.15) is 24.0 Å². The number of carbonyl (C=O) groups is 1. The minimum Gasteiger partial charge on any atom is -0.418 e. The number of benzene rings is 2. The van der Waals surface area contributed by atoms with Gasteiger partial charge >= 0.3 is 12.1 Å². The minimum absolute atomic E-state index is 0.0290. The number of aromatic nitrogens is 1. The number of likely N-dealkylation sites (tertiary alicyclic amines) is 1. The van der Waals surface area contributed by atoms with E-state index in [1.54, 1.807) is 31.2 Å². The molecule has 3 aromatic rings. The quantitative estimate of drug-likeness (QED) is 0.526. The summed E-state index contributed by atoms with van der Waals surface area (Å²) in [5.74, 6) is -2.84. The Morgan fingerprint density at radius 1 is 1.06 bits per heavy atom. The lowest BCUT2D eigenvalue weighted by molar-refractivity contribution is -0.189. The van der Waals surface area contributed by atoms with Gasteiger partial charge in [0.05, 0.1) is 16.6 Å². The number of aryl methyl sites for hydroxylation is 1. The molecule has 0 bridgehead atoms. The van der Waals surface area contributed by atoms with E-state index in [2.05, 4.69) is 9.64 Å². The summed E-state index contributed by atoms with van der Waals surface area (Å²) in [4.78, 5) is 13.7. The zero-order chi connectivity index (χ0) is 23.1. The second-order valence-electron chi connectivity index (χ2n) is 7.79. The van der Waals surface area contributed by atoms with Crippen molar-refractivity contribution in [3.63, 3.8) is 0 Å². The molecule has 0 aliphatic carbocycles. The second kappa shape index (κ2) is 8.25. The molecule has 0 radical (unpaired) electrons. The molecule has 1 fully saturated rings. The van der Waals surface area contributed by atoms with Crippen LogP contribution in [0.15, 0.2) is 53.6 Å². The molecule has 1 aliphatic rings. The van der Waals surface area contributed by atoms with E-state index in [1.807, 2.05) is 0 Å². The normalized spacial score (nSPS) is 15.4. The molecule has 0 unspecified atom stereocenters. The van der Waals surface area contributed by atoms with Crippen LogP contribution in [-0.4, -0.2) is 42.5 Å². The first-order valence-electron chi connectivity index (χ1n) is 10.0. The van der Waals surface area contributed by atoms with Crippen LogP contribution in [0.2, 0.25) is 0 Å². The van der Waals surface area contributed by atoms with Crippen molar-refractivity contribution < 1.29 is 31.1 Å². The van der Waals surface area contributed by atoms with Crippen molar-refractivity contribution in [3.8, 4) is 5.75 Å². The van der Waals surface area contributed by atoms with E-state index >= 15 is 0 Å². The van der Waals surface area contributed by atoms with Crippen molar-refractivity contribution in [1.29, 1.82) is 0 Å². The predicted molar refractivity (Wildman–Crippen MR) is 112 cm³/mol. The van der Waals surface area contributed by atoms with Gasteiger partial charge in [-0.3, -0.25) is 4.90 Å². The summed E-state index contributed by atoms with van der Waals surface area (Å²) in [5.41, 5.74) is 1.59. The van der Waals surface area contributed by atoms with Gasteiger partial charge in [-0.15, -0.1) is 0 Å². The molecule has 2 heterocycles. The SMILES string of the molecule is Cc1ccc(S(=O)(=O)n2cc(OC(=O)C(F)(F)F)c3c(CN4CCCC4)cccc32)cc1. The Kier molecular flexibility index (Phi) is 5.76. The Labute approximate surface area is 183 Å². The maximum Gasteiger partial charge on any atom is 0.491 e. The van der Waals surface area contributed by atoms with Crippen LogP contribution in [0.25, 0.3) is 10.9 Å². The second-order valence-corrected chi connectivity index (χ2v) is 9.60. The molecule has 6 nitrogen and oxygen atoms in total. The van der Waals surface area contributed by atoms with E-state index < -0.39 is 27.9 Å². The first-order chi connectivity index (χ1) is 15.1. The molecule has 2 aromatic carbocycles. The Morgan fingerprint density at radius 3 is 2.34 bits per heavy atom. The Morgan fingerprint density at radius 2 is 1.72 bits per heavy atom. The number of hydrogen-bond donors (Lipinski definition) is 0. The number of halogens is 3. The van der Waals surface area contributed by atoms with Gasteiger partial charge in [-0.05, 0) is 56.6 Å². The topological polar surface area (TPSA) is 68.6 Å². The van der Waals surface area contributed by atoms with Crippen LogP contribution in [0.5, 0.6) is 5.75 Å². The molecule has 32 heavy (non-hydrogen) atoms. The molecule has 0 saturated carbocycles. The van der Waals surface area contributed by atoms with Crippen molar-refractivity contribution in [3.05, 3.63) is 59.8 Å². The van der Waals surface area contributed by atoms with E-state index in [0.29, 0.717) is 12.1 Å². The molecule has 4 rings (SSSR count). The number of hydrogen-bond acceptors (Lipinski definition) is 5. The molecular weight excluding hydrogens is 445 g/mol. The highest BCUT2D eigenvalue weighted by Gasteiger charge is 2.42. The van der Waals surface area contributed by atoms with Gasteiger partial charge in [-0.2, -0.15) is 13.2 Å². The minimum atomic E-state index is -5.21. The Balaban J connectivity index is 1.88. The van der Waals surface area contributed by atoms with Crippen LogP contribution in [0.3, 0.4) is 0 Å². The van der Waals surface area contributed by atoms with Crippen molar-refractivity contribution >= 4 is 26.9 Å². The van der Waals surface area contributed by atoms with Crippen molar-refractivity contribution in [2.24, 2.45) is 0 Å². The first-order valence-corrected chi connectivity index (χ1v) is 11.5. The number of ether oxygens (including phenoxy) is 1. The zero-order valence-corrected chi connectivity index (χ0v) is 18.0. The van der Waals surface area contributed by atoms with Crippen LogP contribution < -0.4 is 4.74 Å². The predicted octanol–water partition coefficient (Wildman–Crippen LogP) is 4.25. The largest absolute Gasteiger partial charge is 0.491 e. The van der Waals surface area contributed by atoms with Crippen LogP contribution >= 0.6 is 0 Å². The molecule has 10 heteroatoms. The van der Waals surface area contributed by atoms with Crippen LogP contribution in [-0.2, 0) is 21.4 Å². The fourth-order valence-corrected chi connectivity index (χ4v) is 5.22. The van der Waals surface area contributed by atoms with Crippen molar-refractivity contribution in [2.45, 2.75) is 37.4 Å². The number of rotatable bonds is 5. The van der Waals surface area contributed by atoms with E-state index in [0.717, 1.165) is 41.7 Å². The zero-order valence-electron chi connectivity index (χ0n) is 17.2. The summed E-state index contributed by atoms with van der Waals surface area (Å²) in [6, 6.07) is 10.9. The summed E-state index contributed by atoms with van der Waals surface area (Å²) in [6.07, 6.45) is -2.26. The molecule has 0 N–H and O–H groups in total. The van der Waals surface area contributed by atoms with E-state index in [1.165, 1.54) is 18.2 Å². The third-order valence-corrected chi connectivity index (χ3v) is 7.14. The highest BCUT2D eigenvalue weighted by molar-refractivity contribution is 7.90. The van der Waals surface area contributed by atoms with Gasteiger partial charge in [-0.1, -0.05) is 29.8 Å². The first kappa shape index (κ1) is 22.3. The van der Waals surface area contributed by atoms with Crippen molar-refractivity contribution in [2.75, 3.05) is 13.1 Å². The Hall–Kier alpha value is -2.85. The number of esters is 1. The summed E-state index contributed by atoms with van der Waals surface area (Å²) >= 11 is 0. The highest BCUT2D eigenvalue weighted by Crippen LogP contribution is 2.36. The van der Waals surface area contributed by atoms with Gasteiger partial charge in [0.2, 0.25) is 0 Å². The fourth-order valence-electron chi connectivity index (χ4n) is 3.87.